The molecule has 0 atom stereocenters. The number of hydrogen-bond acceptors (Lipinski definition) is 3. The van der Waals surface area contributed by atoms with E-state index >= 15 is 0 Å². The van der Waals surface area contributed by atoms with E-state index in [1.165, 1.54) is 7.11 Å². The highest BCUT2D eigenvalue weighted by Gasteiger charge is 2.29. The maximum atomic E-state index is 12.1. The molecule has 1 aromatic rings. The van der Waals surface area contributed by atoms with E-state index in [2.05, 4.69) is 5.18 Å². The molecule has 0 saturated heterocycles. The normalized spacial score (nSPS) is 11.3. The first-order valence-corrected chi connectivity index (χ1v) is 4.51. The van der Waals surface area contributed by atoms with Gasteiger partial charge in [-0.05, 0) is 16.8 Å². The number of alkyl halides is 3. The summed E-state index contributed by atoms with van der Waals surface area (Å²) in [6, 6.07) is 2.11. The third-order valence-corrected chi connectivity index (χ3v) is 2.19. The van der Waals surface area contributed by atoms with Gasteiger partial charge in [0.1, 0.15) is 11.4 Å². The molecule has 0 bridgehead atoms. The molecule has 0 radical (unpaired) electrons. The Balaban J connectivity index is 3.16. The molecule has 7 heteroatoms. The van der Waals surface area contributed by atoms with E-state index in [1.54, 1.807) is 0 Å². The quantitative estimate of drug-likeness (QED) is 0.768. The maximum Gasteiger partial charge on any atom is 0.393 e. The van der Waals surface area contributed by atoms with Crippen LogP contribution in [0.5, 0.6) is 5.75 Å². The summed E-state index contributed by atoms with van der Waals surface area (Å²) >= 11 is 5.62. The first-order chi connectivity index (χ1) is 7.37. The summed E-state index contributed by atoms with van der Waals surface area (Å²) in [7, 11) is 1.27. The van der Waals surface area contributed by atoms with Crippen LogP contribution in [0, 0.1) is 4.91 Å². The number of halogens is 4. The molecule has 0 unspecified atom stereocenters. The van der Waals surface area contributed by atoms with Gasteiger partial charge in [0.2, 0.25) is 0 Å². The predicted molar refractivity (Wildman–Crippen MR) is 53.2 cm³/mol. The molecule has 0 fully saturated rings. The molecule has 0 heterocycles. The van der Waals surface area contributed by atoms with E-state index in [0.29, 0.717) is 0 Å². The van der Waals surface area contributed by atoms with Gasteiger partial charge in [-0.15, -0.1) is 4.91 Å². The molecule has 88 valence electrons. The van der Waals surface area contributed by atoms with Crippen molar-refractivity contribution in [3.63, 3.8) is 0 Å². The monoisotopic (exact) mass is 253 g/mol. The minimum Gasteiger partial charge on any atom is -0.494 e. The van der Waals surface area contributed by atoms with Gasteiger partial charge in [0.05, 0.1) is 13.5 Å². The molecular weight excluding hydrogens is 247 g/mol. The van der Waals surface area contributed by atoms with Crippen LogP contribution in [0.25, 0.3) is 0 Å². The van der Waals surface area contributed by atoms with Crippen LogP contribution in [-0.4, -0.2) is 13.3 Å². The van der Waals surface area contributed by atoms with Gasteiger partial charge in [0.15, 0.2) is 0 Å². The minimum atomic E-state index is -4.39. The Morgan fingerprint density at radius 1 is 1.44 bits per heavy atom. The van der Waals surface area contributed by atoms with Crippen molar-refractivity contribution in [2.75, 3.05) is 7.11 Å². The lowest BCUT2D eigenvalue weighted by Crippen LogP contribution is -2.11. The molecule has 0 aliphatic heterocycles. The van der Waals surface area contributed by atoms with Gasteiger partial charge in [-0.1, -0.05) is 11.6 Å². The van der Waals surface area contributed by atoms with Crippen LogP contribution in [0.2, 0.25) is 5.02 Å². The second-order valence-electron chi connectivity index (χ2n) is 3.00. The summed E-state index contributed by atoms with van der Waals surface area (Å²) in [4.78, 5) is 10.4. The molecule has 1 aromatic carbocycles. The Bertz CT molecular complexity index is 406. The van der Waals surface area contributed by atoms with Crippen LogP contribution in [-0.2, 0) is 6.42 Å². The van der Waals surface area contributed by atoms with Crippen molar-refractivity contribution in [3.05, 3.63) is 27.6 Å². The summed E-state index contributed by atoms with van der Waals surface area (Å²) in [5, 5.41) is 2.46. The smallest absolute Gasteiger partial charge is 0.393 e. The Morgan fingerprint density at radius 2 is 2.06 bits per heavy atom. The largest absolute Gasteiger partial charge is 0.494 e. The van der Waals surface area contributed by atoms with Crippen molar-refractivity contribution in [2.45, 2.75) is 12.6 Å². The molecule has 0 aliphatic carbocycles. The van der Waals surface area contributed by atoms with Crippen molar-refractivity contribution in [2.24, 2.45) is 5.18 Å². The van der Waals surface area contributed by atoms with Crippen molar-refractivity contribution in [1.29, 1.82) is 0 Å². The molecule has 0 N–H and O–H groups in total. The van der Waals surface area contributed by atoms with E-state index in [0.717, 1.165) is 12.1 Å². The number of hydrogen-bond donors (Lipinski definition) is 0. The fourth-order valence-corrected chi connectivity index (χ4v) is 1.39. The van der Waals surface area contributed by atoms with E-state index in [9.17, 15) is 18.1 Å². The first kappa shape index (κ1) is 12.8. The van der Waals surface area contributed by atoms with Gasteiger partial charge in [-0.2, -0.15) is 13.2 Å². The van der Waals surface area contributed by atoms with Gasteiger partial charge in [0.25, 0.3) is 0 Å². The number of methoxy groups -OCH3 is 1. The fourth-order valence-electron chi connectivity index (χ4n) is 1.17. The van der Waals surface area contributed by atoms with Crippen LogP contribution in [0.4, 0.5) is 18.9 Å². The van der Waals surface area contributed by atoms with Crippen molar-refractivity contribution in [3.8, 4) is 5.75 Å². The maximum absolute atomic E-state index is 12.1. The SMILES string of the molecule is COc1cc(Cl)c(CC(F)(F)F)cc1N=O. The van der Waals surface area contributed by atoms with Crippen LogP contribution in [0.15, 0.2) is 17.3 Å². The van der Waals surface area contributed by atoms with Crippen LogP contribution in [0.3, 0.4) is 0 Å². The molecule has 0 aromatic heterocycles. The Labute approximate surface area is 94.1 Å². The molecule has 0 spiro atoms. The van der Waals surface area contributed by atoms with E-state index in [4.69, 9.17) is 16.3 Å². The predicted octanol–water partition coefficient (Wildman–Crippen LogP) is 3.85. The topological polar surface area (TPSA) is 38.7 Å². The Hall–Kier alpha value is -1.30. The minimum absolute atomic E-state index is 0.0472. The molecular formula is C9H7ClF3NO2. The highest BCUT2D eigenvalue weighted by Crippen LogP contribution is 2.35. The summed E-state index contributed by atoms with van der Waals surface area (Å²) in [5.74, 6) is 0.0472. The lowest BCUT2D eigenvalue weighted by Gasteiger charge is -2.10. The third kappa shape index (κ3) is 3.10. The van der Waals surface area contributed by atoms with Crippen molar-refractivity contribution >= 4 is 17.3 Å². The van der Waals surface area contributed by atoms with Gasteiger partial charge in [-0.25, -0.2) is 0 Å². The summed E-state index contributed by atoms with van der Waals surface area (Å²) in [6.07, 6.45) is -5.60. The highest BCUT2D eigenvalue weighted by molar-refractivity contribution is 6.31. The van der Waals surface area contributed by atoms with E-state index in [-0.39, 0.29) is 22.0 Å². The van der Waals surface area contributed by atoms with Gasteiger partial charge >= 0.3 is 6.18 Å². The molecule has 1 rings (SSSR count). The van der Waals surface area contributed by atoms with Gasteiger partial charge < -0.3 is 4.74 Å². The zero-order chi connectivity index (χ0) is 12.3. The molecule has 16 heavy (non-hydrogen) atoms. The summed E-state index contributed by atoms with van der Waals surface area (Å²) < 4.78 is 41.2. The lowest BCUT2D eigenvalue weighted by molar-refractivity contribution is -0.127. The van der Waals surface area contributed by atoms with E-state index in [1.807, 2.05) is 0 Å². The summed E-state index contributed by atoms with van der Waals surface area (Å²) in [5.41, 5.74) is -0.407. The Morgan fingerprint density at radius 3 is 2.50 bits per heavy atom. The highest BCUT2D eigenvalue weighted by atomic mass is 35.5. The molecule has 0 saturated carbocycles. The molecule has 0 aliphatic rings. The van der Waals surface area contributed by atoms with Gasteiger partial charge in [0, 0.05) is 11.1 Å². The second-order valence-corrected chi connectivity index (χ2v) is 3.41. The average Bonchev–Trinajstić information content (AvgIpc) is 2.18. The van der Waals surface area contributed by atoms with E-state index < -0.39 is 12.6 Å². The Kier molecular flexibility index (Phi) is 3.74. The number of ether oxygens (including phenoxy) is 1. The van der Waals surface area contributed by atoms with Crippen molar-refractivity contribution in [1.82, 2.24) is 0 Å². The third-order valence-electron chi connectivity index (χ3n) is 1.84. The number of rotatable bonds is 3. The number of nitrogens with zero attached hydrogens (tertiary/aromatic N) is 1. The number of nitroso groups, excluding NO2 is 1. The molecule has 0 amide bonds. The fraction of sp³-hybridized carbons (Fsp3) is 0.333. The standard InChI is InChI=1S/C9H7ClF3NO2/c1-16-8-3-6(10)5(2-7(8)14-15)4-9(11,12)13/h2-3H,4H2,1H3. The first-order valence-electron chi connectivity index (χ1n) is 4.14. The lowest BCUT2D eigenvalue weighted by atomic mass is 10.1. The van der Waals surface area contributed by atoms with Gasteiger partial charge in [-0.3, -0.25) is 0 Å². The average molecular weight is 254 g/mol. The van der Waals surface area contributed by atoms with Crippen LogP contribution < -0.4 is 4.74 Å². The molecule has 3 nitrogen and oxygen atoms in total. The summed E-state index contributed by atoms with van der Waals surface area (Å²) in [6.45, 7) is 0. The van der Waals surface area contributed by atoms with Crippen LogP contribution in [0.1, 0.15) is 5.56 Å². The zero-order valence-electron chi connectivity index (χ0n) is 8.14. The van der Waals surface area contributed by atoms with Crippen LogP contribution >= 0.6 is 11.6 Å². The van der Waals surface area contributed by atoms with Crippen molar-refractivity contribution < 1.29 is 17.9 Å². The number of benzene rings is 1. The zero-order valence-corrected chi connectivity index (χ0v) is 8.89. The second kappa shape index (κ2) is 4.69.